The van der Waals surface area contributed by atoms with Crippen molar-refractivity contribution in [2.24, 2.45) is 5.92 Å². The first kappa shape index (κ1) is 20.3. The Kier molecular flexibility index (Phi) is 5.47. The van der Waals surface area contributed by atoms with Gasteiger partial charge in [-0.3, -0.25) is 9.36 Å². The molecule has 2 aliphatic heterocycles. The van der Waals surface area contributed by atoms with Gasteiger partial charge in [-0.1, -0.05) is 0 Å². The molecule has 3 amide bonds. The largest absolute Gasteiger partial charge is 0.389 e. The molecule has 154 valence electrons. The maximum absolute atomic E-state index is 12.8. The molecule has 2 saturated heterocycles. The average Bonchev–Trinajstić information content (AvgIpc) is 2.62. The summed E-state index contributed by atoms with van der Waals surface area (Å²) >= 11 is 0. The highest BCUT2D eigenvalue weighted by Gasteiger charge is 2.46. The predicted octanol–water partition coefficient (Wildman–Crippen LogP) is -0.173. The number of aryl methyl sites for hydroxylation is 2. The minimum absolute atomic E-state index is 0.0660. The second kappa shape index (κ2) is 7.54. The molecule has 0 spiro atoms. The van der Waals surface area contributed by atoms with Gasteiger partial charge in [0.25, 0.3) is 0 Å². The zero-order chi connectivity index (χ0) is 20.6. The molecule has 28 heavy (non-hydrogen) atoms. The molecule has 0 bridgehead atoms. The molecule has 0 aromatic carbocycles. The van der Waals surface area contributed by atoms with E-state index in [4.69, 9.17) is 0 Å². The molecule has 2 atom stereocenters. The number of hydrogen-bond donors (Lipinski definition) is 1. The van der Waals surface area contributed by atoms with Gasteiger partial charge in [0.2, 0.25) is 5.91 Å². The fourth-order valence-corrected chi connectivity index (χ4v) is 4.19. The predicted molar refractivity (Wildman–Crippen MR) is 103 cm³/mol. The number of nitrogens with zero attached hydrogens (tertiary/aromatic N) is 5. The number of urea groups is 1. The molecule has 0 unspecified atom stereocenters. The number of hydrogen-bond acceptors (Lipinski definition) is 5. The number of carbonyl (C=O) groups is 2. The van der Waals surface area contributed by atoms with Crippen LogP contribution in [-0.4, -0.2) is 87.2 Å². The van der Waals surface area contributed by atoms with Gasteiger partial charge >= 0.3 is 11.7 Å². The van der Waals surface area contributed by atoms with Gasteiger partial charge in [-0.05, 0) is 32.8 Å². The number of fused-ring (bicyclic) bond motifs is 1. The zero-order valence-electron chi connectivity index (χ0n) is 17.0. The molecule has 9 nitrogen and oxygen atoms in total. The van der Waals surface area contributed by atoms with Crippen LogP contribution in [0.2, 0.25) is 0 Å². The van der Waals surface area contributed by atoms with Crippen molar-refractivity contribution in [3.8, 4) is 0 Å². The van der Waals surface area contributed by atoms with Gasteiger partial charge in [-0.15, -0.1) is 0 Å². The van der Waals surface area contributed by atoms with Gasteiger partial charge in [0.05, 0.1) is 5.60 Å². The number of rotatable bonds is 2. The van der Waals surface area contributed by atoms with Crippen LogP contribution >= 0.6 is 0 Å². The van der Waals surface area contributed by atoms with E-state index < -0.39 is 11.3 Å². The first-order valence-electron chi connectivity index (χ1n) is 9.62. The van der Waals surface area contributed by atoms with Gasteiger partial charge in [-0.2, -0.15) is 4.98 Å². The highest BCUT2D eigenvalue weighted by molar-refractivity contribution is 5.76. The molecule has 0 radical (unpaired) electrons. The summed E-state index contributed by atoms with van der Waals surface area (Å²) < 4.78 is 1.37. The zero-order valence-corrected chi connectivity index (χ0v) is 17.0. The van der Waals surface area contributed by atoms with Crippen molar-refractivity contribution in [1.82, 2.24) is 24.3 Å². The molecule has 9 heteroatoms. The van der Waals surface area contributed by atoms with Gasteiger partial charge in [0.1, 0.15) is 6.54 Å². The van der Waals surface area contributed by atoms with Gasteiger partial charge in [0, 0.05) is 57.6 Å². The first-order chi connectivity index (χ1) is 13.1. The third-order valence-electron chi connectivity index (χ3n) is 5.92. The second-order valence-corrected chi connectivity index (χ2v) is 8.17. The van der Waals surface area contributed by atoms with E-state index in [9.17, 15) is 19.5 Å². The van der Waals surface area contributed by atoms with Crippen molar-refractivity contribution < 1.29 is 14.7 Å². The van der Waals surface area contributed by atoms with E-state index in [1.807, 2.05) is 0 Å². The molecule has 0 saturated carbocycles. The van der Waals surface area contributed by atoms with Crippen LogP contribution in [0.3, 0.4) is 0 Å². The lowest BCUT2D eigenvalue weighted by molar-refractivity contribution is -0.145. The normalized spacial score (nSPS) is 24.7. The first-order valence-corrected chi connectivity index (χ1v) is 9.62. The van der Waals surface area contributed by atoms with E-state index in [1.54, 1.807) is 43.8 Å². The van der Waals surface area contributed by atoms with Crippen LogP contribution in [0, 0.1) is 19.8 Å². The molecule has 0 aliphatic carbocycles. The standard InChI is InChI=1S/C19H29N5O4/c1-13-9-14(2)24(17(26)20-13)12-16(25)22-7-5-19(28)6-8-23(11-15(19)10-22)18(27)21(3)4/h9,15,28H,5-8,10-12H2,1-4H3/t15-,19-/m1/s1. The topological polar surface area (TPSA) is 99.0 Å². The van der Waals surface area contributed by atoms with Crippen LogP contribution in [0.25, 0.3) is 0 Å². The van der Waals surface area contributed by atoms with E-state index in [-0.39, 0.29) is 24.4 Å². The van der Waals surface area contributed by atoms with Crippen molar-refractivity contribution >= 4 is 11.9 Å². The molecular formula is C19H29N5O4. The van der Waals surface area contributed by atoms with Crippen molar-refractivity contribution in [2.75, 3.05) is 40.3 Å². The Morgan fingerprint density at radius 3 is 2.43 bits per heavy atom. The van der Waals surface area contributed by atoms with E-state index in [0.29, 0.717) is 50.4 Å². The van der Waals surface area contributed by atoms with Crippen molar-refractivity contribution in [3.63, 3.8) is 0 Å². The Hall–Kier alpha value is -2.42. The van der Waals surface area contributed by atoms with Crippen molar-refractivity contribution in [3.05, 3.63) is 27.9 Å². The Bertz CT molecular complexity index is 836. The van der Waals surface area contributed by atoms with Crippen molar-refractivity contribution in [1.29, 1.82) is 0 Å². The number of piperidine rings is 2. The summed E-state index contributed by atoms with van der Waals surface area (Å²) in [4.78, 5) is 46.1. The number of likely N-dealkylation sites (tertiary alicyclic amines) is 2. The third-order valence-corrected chi connectivity index (χ3v) is 5.92. The summed E-state index contributed by atoms with van der Waals surface area (Å²) in [6, 6.07) is 1.69. The molecular weight excluding hydrogens is 362 g/mol. The van der Waals surface area contributed by atoms with E-state index in [0.717, 1.165) is 0 Å². The summed E-state index contributed by atoms with van der Waals surface area (Å²) in [5.41, 5.74) is 0.0413. The van der Waals surface area contributed by atoms with E-state index >= 15 is 0 Å². The Morgan fingerprint density at radius 1 is 1.21 bits per heavy atom. The summed E-state index contributed by atoms with van der Waals surface area (Å²) in [6.45, 7) is 5.22. The Balaban J connectivity index is 1.71. The maximum atomic E-state index is 12.8. The van der Waals surface area contributed by atoms with Gasteiger partial charge < -0.3 is 19.8 Å². The van der Waals surface area contributed by atoms with Crippen LogP contribution in [0.1, 0.15) is 24.2 Å². The SMILES string of the molecule is Cc1cc(C)n(CC(=O)N2CC[C@@]3(O)CCN(C(=O)N(C)C)C[C@H]3C2)c(=O)n1. The summed E-state index contributed by atoms with van der Waals surface area (Å²) in [7, 11) is 3.41. The summed E-state index contributed by atoms with van der Waals surface area (Å²) in [6.07, 6.45) is 0.993. The molecule has 1 N–H and O–H groups in total. The highest BCUT2D eigenvalue weighted by atomic mass is 16.3. The third kappa shape index (κ3) is 3.89. The van der Waals surface area contributed by atoms with Gasteiger partial charge in [0.15, 0.2) is 0 Å². The molecule has 3 heterocycles. The summed E-state index contributed by atoms with van der Waals surface area (Å²) in [5.74, 6) is -0.370. The average molecular weight is 391 g/mol. The molecule has 3 rings (SSSR count). The van der Waals surface area contributed by atoms with E-state index in [1.165, 1.54) is 9.47 Å². The lowest BCUT2D eigenvalue weighted by Crippen LogP contribution is -2.62. The number of aromatic nitrogens is 2. The molecule has 1 aromatic heterocycles. The molecule has 2 fully saturated rings. The lowest BCUT2D eigenvalue weighted by atomic mass is 9.75. The Morgan fingerprint density at radius 2 is 1.82 bits per heavy atom. The lowest BCUT2D eigenvalue weighted by Gasteiger charge is -2.50. The smallest absolute Gasteiger partial charge is 0.348 e. The number of amides is 3. The Labute approximate surface area is 164 Å². The van der Waals surface area contributed by atoms with Crippen LogP contribution in [-0.2, 0) is 11.3 Å². The minimum atomic E-state index is -0.849. The monoisotopic (exact) mass is 391 g/mol. The molecule has 2 aliphatic rings. The molecule has 1 aromatic rings. The second-order valence-electron chi connectivity index (χ2n) is 8.17. The van der Waals surface area contributed by atoms with E-state index in [2.05, 4.69) is 4.98 Å². The van der Waals surface area contributed by atoms with Crippen LogP contribution in [0.4, 0.5) is 4.79 Å². The van der Waals surface area contributed by atoms with Crippen LogP contribution in [0.15, 0.2) is 10.9 Å². The van der Waals surface area contributed by atoms with Gasteiger partial charge in [-0.25, -0.2) is 9.59 Å². The summed E-state index contributed by atoms with van der Waals surface area (Å²) in [5, 5.41) is 11.0. The fraction of sp³-hybridized carbons (Fsp3) is 0.684. The quantitative estimate of drug-likeness (QED) is 0.755. The van der Waals surface area contributed by atoms with Crippen LogP contribution < -0.4 is 5.69 Å². The maximum Gasteiger partial charge on any atom is 0.348 e. The fourth-order valence-electron chi connectivity index (χ4n) is 4.19. The van der Waals surface area contributed by atoms with Crippen molar-refractivity contribution in [2.45, 2.75) is 38.8 Å². The highest BCUT2D eigenvalue weighted by Crippen LogP contribution is 2.35. The van der Waals surface area contributed by atoms with Crippen LogP contribution in [0.5, 0.6) is 0 Å². The number of aliphatic hydroxyl groups is 1. The number of carbonyl (C=O) groups excluding carboxylic acids is 2. The minimum Gasteiger partial charge on any atom is -0.389 e.